The molecule has 1 heterocycles. The van der Waals surface area contributed by atoms with Gasteiger partial charge >= 0.3 is 5.97 Å². The van der Waals surface area contributed by atoms with Gasteiger partial charge in [-0.25, -0.2) is 4.79 Å². The van der Waals surface area contributed by atoms with Crippen LogP contribution in [0.1, 0.15) is 19.8 Å². The number of rotatable bonds is 4. The minimum absolute atomic E-state index is 0.232. The fourth-order valence-corrected chi connectivity index (χ4v) is 1.45. The molecule has 2 amide bonds. The molecule has 4 N–H and O–H groups in total. The normalized spacial score (nSPS) is 23.4. The average Bonchev–Trinajstić information content (AvgIpc) is 2.59. The van der Waals surface area contributed by atoms with E-state index in [-0.39, 0.29) is 12.3 Å². The zero-order valence-corrected chi connectivity index (χ0v) is 8.77. The predicted molar refractivity (Wildman–Crippen MR) is 52.4 cm³/mol. The SMILES string of the molecule is C[C@@H](O)[C@H](NC(=O)[C@H]1CCC(=O)N1)C(=O)O. The molecule has 1 aliphatic heterocycles. The van der Waals surface area contributed by atoms with Gasteiger partial charge in [0.25, 0.3) is 0 Å². The lowest BCUT2D eigenvalue weighted by molar-refractivity contribution is -0.145. The lowest BCUT2D eigenvalue weighted by atomic mass is 10.1. The molecule has 3 atom stereocenters. The van der Waals surface area contributed by atoms with Crippen LogP contribution >= 0.6 is 0 Å². The van der Waals surface area contributed by atoms with Gasteiger partial charge in [0.05, 0.1) is 6.10 Å². The first-order valence-corrected chi connectivity index (χ1v) is 4.92. The number of carboxylic acid groups (broad SMARTS) is 1. The summed E-state index contributed by atoms with van der Waals surface area (Å²) in [5.74, 6) is -2.13. The van der Waals surface area contributed by atoms with Crippen molar-refractivity contribution in [2.24, 2.45) is 0 Å². The molecule has 1 fully saturated rings. The molecule has 0 spiro atoms. The first-order chi connectivity index (χ1) is 7.41. The van der Waals surface area contributed by atoms with Gasteiger partial charge in [-0.3, -0.25) is 9.59 Å². The largest absolute Gasteiger partial charge is 0.480 e. The highest BCUT2D eigenvalue weighted by atomic mass is 16.4. The van der Waals surface area contributed by atoms with Crippen molar-refractivity contribution in [2.75, 3.05) is 0 Å². The number of carboxylic acids is 1. The van der Waals surface area contributed by atoms with Crippen molar-refractivity contribution >= 4 is 17.8 Å². The van der Waals surface area contributed by atoms with Crippen LogP contribution < -0.4 is 10.6 Å². The number of amides is 2. The summed E-state index contributed by atoms with van der Waals surface area (Å²) >= 11 is 0. The second-order valence-electron chi connectivity index (χ2n) is 3.72. The highest BCUT2D eigenvalue weighted by molar-refractivity contribution is 5.92. The van der Waals surface area contributed by atoms with E-state index in [0.717, 1.165) is 0 Å². The summed E-state index contributed by atoms with van der Waals surface area (Å²) in [5, 5.41) is 22.5. The summed E-state index contributed by atoms with van der Waals surface area (Å²) in [6, 6.07) is -2.06. The van der Waals surface area contributed by atoms with Gasteiger partial charge in [0, 0.05) is 6.42 Å². The van der Waals surface area contributed by atoms with Gasteiger partial charge in [-0.05, 0) is 13.3 Å². The van der Waals surface area contributed by atoms with Gasteiger partial charge < -0.3 is 20.8 Å². The van der Waals surface area contributed by atoms with E-state index in [2.05, 4.69) is 10.6 Å². The summed E-state index contributed by atoms with van der Waals surface area (Å²) in [6.45, 7) is 1.27. The van der Waals surface area contributed by atoms with Gasteiger partial charge in [-0.2, -0.15) is 0 Å². The number of carbonyl (C=O) groups is 3. The Bertz CT molecular complexity index is 315. The van der Waals surface area contributed by atoms with Crippen LogP contribution in [-0.4, -0.2) is 46.2 Å². The Hall–Kier alpha value is -1.63. The van der Waals surface area contributed by atoms with Crippen molar-refractivity contribution in [3.05, 3.63) is 0 Å². The van der Waals surface area contributed by atoms with E-state index in [0.29, 0.717) is 6.42 Å². The molecule has 0 bridgehead atoms. The summed E-state index contributed by atoms with van der Waals surface area (Å²) in [5.41, 5.74) is 0. The molecular formula is C9H14N2O5. The number of aliphatic hydroxyl groups is 1. The van der Waals surface area contributed by atoms with Crippen molar-refractivity contribution in [3.8, 4) is 0 Å². The van der Waals surface area contributed by atoms with Crippen LogP contribution in [-0.2, 0) is 14.4 Å². The van der Waals surface area contributed by atoms with Gasteiger partial charge in [0.1, 0.15) is 6.04 Å². The molecule has 1 rings (SSSR count). The number of hydrogen-bond donors (Lipinski definition) is 4. The molecule has 0 aromatic heterocycles. The third-order valence-corrected chi connectivity index (χ3v) is 2.36. The number of aliphatic carboxylic acids is 1. The van der Waals surface area contributed by atoms with Gasteiger partial charge in [-0.15, -0.1) is 0 Å². The molecule has 7 nitrogen and oxygen atoms in total. The molecule has 1 aliphatic rings. The first kappa shape index (κ1) is 12.4. The Morgan fingerprint density at radius 3 is 2.56 bits per heavy atom. The molecular weight excluding hydrogens is 216 g/mol. The van der Waals surface area contributed by atoms with Crippen LogP contribution in [0.5, 0.6) is 0 Å². The van der Waals surface area contributed by atoms with Gasteiger partial charge in [0.15, 0.2) is 6.04 Å². The standard InChI is InChI=1S/C9H14N2O5/c1-4(12)7(9(15)16)11-8(14)5-2-3-6(13)10-5/h4-5,7,12H,2-3H2,1H3,(H,10,13)(H,11,14)(H,15,16)/t4-,5-,7+/m1/s1. The average molecular weight is 230 g/mol. The van der Waals surface area contributed by atoms with E-state index in [1.165, 1.54) is 6.92 Å². The van der Waals surface area contributed by atoms with Crippen LogP contribution in [0, 0.1) is 0 Å². The van der Waals surface area contributed by atoms with E-state index in [1.54, 1.807) is 0 Å². The van der Waals surface area contributed by atoms with Crippen LogP contribution in [0.15, 0.2) is 0 Å². The second kappa shape index (κ2) is 4.93. The minimum atomic E-state index is -1.36. The predicted octanol–water partition coefficient (Wildman–Crippen LogP) is -1.78. The Balaban J connectivity index is 2.55. The van der Waals surface area contributed by atoms with Crippen LogP contribution in [0.4, 0.5) is 0 Å². The Labute approximate surface area is 91.8 Å². The first-order valence-electron chi connectivity index (χ1n) is 4.92. The highest BCUT2D eigenvalue weighted by Crippen LogP contribution is 2.07. The van der Waals surface area contributed by atoms with Crippen molar-refractivity contribution in [3.63, 3.8) is 0 Å². The van der Waals surface area contributed by atoms with Crippen molar-refractivity contribution in [1.29, 1.82) is 0 Å². The third kappa shape index (κ3) is 2.93. The van der Waals surface area contributed by atoms with Crippen LogP contribution in [0.3, 0.4) is 0 Å². The lowest BCUT2D eigenvalue weighted by Gasteiger charge is -2.19. The second-order valence-corrected chi connectivity index (χ2v) is 3.72. The zero-order chi connectivity index (χ0) is 12.3. The Morgan fingerprint density at radius 1 is 1.56 bits per heavy atom. The topological polar surface area (TPSA) is 116 Å². The molecule has 1 saturated heterocycles. The fraction of sp³-hybridized carbons (Fsp3) is 0.667. The van der Waals surface area contributed by atoms with Crippen molar-refractivity contribution in [1.82, 2.24) is 10.6 Å². The van der Waals surface area contributed by atoms with E-state index >= 15 is 0 Å². The molecule has 0 aromatic carbocycles. The molecule has 0 saturated carbocycles. The fourth-order valence-electron chi connectivity index (χ4n) is 1.45. The molecule has 0 aliphatic carbocycles. The molecule has 0 unspecified atom stereocenters. The number of nitrogens with one attached hydrogen (secondary N) is 2. The maximum atomic E-state index is 11.5. The third-order valence-electron chi connectivity index (χ3n) is 2.36. The Kier molecular flexibility index (Phi) is 3.83. The molecule has 0 radical (unpaired) electrons. The lowest BCUT2D eigenvalue weighted by Crippen LogP contribution is -2.52. The van der Waals surface area contributed by atoms with Gasteiger partial charge in [-0.1, -0.05) is 0 Å². The van der Waals surface area contributed by atoms with E-state index in [9.17, 15) is 14.4 Å². The summed E-state index contributed by atoms with van der Waals surface area (Å²) in [7, 11) is 0. The monoisotopic (exact) mass is 230 g/mol. The quantitative estimate of drug-likeness (QED) is 0.455. The van der Waals surface area contributed by atoms with E-state index in [4.69, 9.17) is 10.2 Å². The molecule has 0 aromatic rings. The van der Waals surface area contributed by atoms with Crippen molar-refractivity contribution in [2.45, 2.75) is 38.0 Å². The van der Waals surface area contributed by atoms with Gasteiger partial charge in [0.2, 0.25) is 11.8 Å². The van der Waals surface area contributed by atoms with E-state index < -0.39 is 30.1 Å². The van der Waals surface area contributed by atoms with Crippen molar-refractivity contribution < 1.29 is 24.6 Å². The smallest absolute Gasteiger partial charge is 0.328 e. The minimum Gasteiger partial charge on any atom is -0.480 e. The highest BCUT2D eigenvalue weighted by Gasteiger charge is 2.32. The van der Waals surface area contributed by atoms with Crippen LogP contribution in [0.25, 0.3) is 0 Å². The zero-order valence-electron chi connectivity index (χ0n) is 8.77. The maximum Gasteiger partial charge on any atom is 0.328 e. The molecule has 16 heavy (non-hydrogen) atoms. The number of carbonyl (C=O) groups excluding carboxylic acids is 2. The molecule has 7 heteroatoms. The maximum absolute atomic E-state index is 11.5. The summed E-state index contributed by atoms with van der Waals surface area (Å²) < 4.78 is 0. The van der Waals surface area contributed by atoms with Crippen LogP contribution in [0.2, 0.25) is 0 Å². The summed E-state index contributed by atoms with van der Waals surface area (Å²) in [4.78, 5) is 33.1. The molecule has 90 valence electrons. The number of aliphatic hydroxyl groups excluding tert-OH is 1. The number of hydrogen-bond acceptors (Lipinski definition) is 4. The Morgan fingerprint density at radius 2 is 2.19 bits per heavy atom. The van der Waals surface area contributed by atoms with E-state index in [1.807, 2.05) is 0 Å². The summed E-state index contributed by atoms with van der Waals surface area (Å²) in [6.07, 6.45) is -0.597.